The van der Waals surface area contributed by atoms with E-state index in [0.717, 1.165) is 22.6 Å². The van der Waals surface area contributed by atoms with E-state index in [0.29, 0.717) is 5.78 Å². The summed E-state index contributed by atoms with van der Waals surface area (Å²) in [6, 6.07) is 48.6. The molecule has 0 saturated heterocycles. The Labute approximate surface area is 288 Å². The number of benzene rings is 6. The maximum atomic E-state index is 4.80. The van der Waals surface area contributed by atoms with Crippen LogP contribution in [-0.4, -0.2) is 23.5 Å². The largest absolute Gasteiger partial charge is 0.309 e. The van der Waals surface area contributed by atoms with E-state index in [1.165, 1.54) is 65.9 Å². The number of para-hydroxylation sites is 3. The molecule has 50 heavy (non-hydrogen) atoms. The maximum absolute atomic E-state index is 4.80. The highest BCUT2D eigenvalue weighted by Gasteiger charge is 2.41. The van der Waals surface area contributed by atoms with E-state index >= 15 is 0 Å². The summed E-state index contributed by atoms with van der Waals surface area (Å²) < 4.78 is 6.97. The second-order valence-corrected chi connectivity index (χ2v) is 13.9. The zero-order chi connectivity index (χ0) is 33.1. The Hall–Kier alpha value is -6.46. The lowest BCUT2D eigenvalue weighted by molar-refractivity contribution is 0.667. The van der Waals surface area contributed by atoms with E-state index in [9.17, 15) is 0 Å². The Bertz CT molecular complexity index is 2960. The normalized spacial score (nSPS) is 13.6. The van der Waals surface area contributed by atoms with Crippen molar-refractivity contribution in [3.05, 3.63) is 163 Å². The van der Waals surface area contributed by atoms with Gasteiger partial charge in [0.2, 0.25) is 5.78 Å². The van der Waals surface area contributed by atoms with Gasteiger partial charge < -0.3 is 9.13 Å². The van der Waals surface area contributed by atoms with Crippen molar-refractivity contribution >= 4 is 49.4 Å². The smallest absolute Gasteiger partial charge is 0.234 e. The second kappa shape index (κ2) is 9.80. The van der Waals surface area contributed by atoms with Gasteiger partial charge in [-0.25, -0.2) is 9.97 Å². The summed E-state index contributed by atoms with van der Waals surface area (Å²) in [7, 11) is 0. The van der Waals surface area contributed by atoms with Crippen LogP contribution < -0.4 is 0 Å². The molecule has 4 aromatic heterocycles. The van der Waals surface area contributed by atoms with Gasteiger partial charge in [0.05, 0.1) is 27.8 Å². The van der Waals surface area contributed by atoms with Crippen LogP contribution in [0.5, 0.6) is 0 Å². The zero-order valence-corrected chi connectivity index (χ0v) is 27.7. The van der Waals surface area contributed by atoms with Crippen molar-refractivity contribution in [2.75, 3.05) is 0 Å². The van der Waals surface area contributed by atoms with Crippen LogP contribution >= 0.6 is 0 Å². The second-order valence-electron chi connectivity index (χ2n) is 13.9. The van der Waals surface area contributed by atoms with Crippen LogP contribution in [-0.2, 0) is 5.41 Å². The molecule has 11 rings (SSSR count). The SMILES string of the molecule is CC1(C)c2ccccc2-c2c1c1c3ccccc3n(-c3ccccc3)c1c1c3ccccc3n(-c3ccc(-c4cn5cccnc5n4)cc3)c21. The number of rotatable bonds is 3. The molecule has 0 bridgehead atoms. The van der Waals surface area contributed by atoms with Gasteiger partial charge in [-0.15, -0.1) is 0 Å². The number of hydrogen-bond donors (Lipinski definition) is 0. The van der Waals surface area contributed by atoms with Crippen LogP contribution in [0, 0.1) is 0 Å². The first-order chi connectivity index (χ1) is 24.6. The van der Waals surface area contributed by atoms with Gasteiger partial charge in [-0.2, -0.15) is 0 Å². The first-order valence-corrected chi connectivity index (χ1v) is 17.2. The molecule has 1 aliphatic carbocycles. The quantitative estimate of drug-likeness (QED) is 0.193. The van der Waals surface area contributed by atoms with Crippen molar-refractivity contribution in [1.82, 2.24) is 23.5 Å². The fourth-order valence-corrected chi connectivity index (χ4v) is 8.82. The standard InChI is InChI=1S/C45H31N5/c1-45(2)34-18-9-6-15-31(34)38-41(45)39-32-16-7-10-19-36(32)49(29-13-4-3-5-14-29)43(39)40-33-17-8-11-20-37(33)50(42(38)40)30-23-21-28(22-24-30)35-27-48-26-12-25-46-44(48)47-35/h3-27H,1-2H3. The average Bonchev–Trinajstić information content (AvgIpc) is 3.90. The van der Waals surface area contributed by atoms with Crippen LogP contribution in [0.3, 0.4) is 0 Å². The molecule has 10 aromatic rings. The van der Waals surface area contributed by atoms with E-state index in [-0.39, 0.29) is 5.41 Å². The van der Waals surface area contributed by atoms with Crippen LogP contribution in [0.25, 0.3) is 83.1 Å². The predicted molar refractivity (Wildman–Crippen MR) is 205 cm³/mol. The van der Waals surface area contributed by atoms with E-state index in [1.54, 1.807) is 6.20 Å². The van der Waals surface area contributed by atoms with Crippen LogP contribution in [0.4, 0.5) is 0 Å². The van der Waals surface area contributed by atoms with Crippen molar-refractivity contribution in [3.8, 4) is 33.8 Å². The van der Waals surface area contributed by atoms with E-state index in [1.807, 2.05) is 22.9 Å². The molecule has 0 amide bonds. The molecule has 0 unspecified atom stereocenters. The molecule has 5 nitrogen and oxygen atoms in total. The van der Waals surface area contributed by atoms with Crippen molar-refractivity contribution in [2.45, 2.75) is 19.3 Å². The molecule has 4 heterocycles. The van der Waals surface area contributed by atoms with Gasteiger partial charge in [-0.1, -0.05) is 105 Å². The van der Waals surface area contributed by atoms with Gasteiger partial charge in [0.25, 0.3) is 0 Å². The summed E-state index contributed by atoms with van der Waals surface area (Å²) in [5.74, 6) is 0.698. The van der Waals surface area contributed by atoms with E-state index in [4.69, 9.17) is 4.98 Å². The third kappa shape index (κ3) is 3.51. The number of hydrogen-bond acceptors (Lipinski definition) is 2. The molecule has 0 radical (unpaired) electrons. The fraction of sp³-hybridized carbons (Fsp3) is 0.0667. The number of nitrogens with zero attached hydrogens (tertiary/aromatic N) is 5. The minimum atomic E-state index is -0.216. The first-order valence-electron chi connectivity index (χ1n) is 17.2. The first kappa shape index (κ1) is 27.5. The molecule has 5 heteroatoms. The van der Waals surface area contributed by atoms with Crippen LogP contribution in [0.2, 0.25) is 0 Å². The molecule has 0 aliphatic heterocycles. The third-order valence-corrected chi connectivity index (χ3v) is 10.9. The Morgan fingerprint density at radius 2 is 1.22 bits per heavy atom. The molecule has 6 aromatic carbocycles. The molecular formula is C45H31N5. The Morgan fingerprint density at radius 3 is 1.98 bits per heavy atom. The lowest BCUT2D eigenvalue weighted by Crippen LogP contribution is -2.15. The molecule has 0 atom stereocenters. The highest BCUT2D eigenvalue weighted by molar-refractivity contribution is 6.31. The molecule has 0 fully saturated rings. The summed E-state index contributed by atoms with van der Waals surface area (Å²) in [5, 5.41) is 5.14. The highest BCUT2D eigenvalue weighted by Crippen LogP contribution is 2.58. The van der Waals surface area contributed by atoms with Gasteiger partial charge in [-0.05, 0) is 59.2 Å². The van der Waals surface area contributed by atoms with Gasteiger partial charge in [-0.3, -0.25) is 4.40 Å². The topological polar surface area (TPSA) is 40.0 Å². The number of fused-ring (bicyclic) bond motifs is 13. The van der Waals surface area contributed by atoms with Crippen LogP contribution in [0.1, 0.15) is 25.0 Å². The summed E-state index contributed by atoms with van der Waals surface area (Å²) in [6.07, 6.45) is 5.81. The highest BCUT2D eigenvalue weighted by atomic mass is 15.1. The molecule has 0 spiro atoms. The van der Waals surface area contributed by atoms with E-state index < -0.39 is 0 Å². The molecule has 0 N–H and O–H groups in total. The third-order valence-electron chi connectivity index (χ3n) is 10.9. The zero-order valence-electron chi connectivity index (χ0n) is 27.7. The Morgan fingerprint density at radius 1 is 0.580 bits per heavy atom. The van der Waals surface area contributed by atoms with Gasteiger partial charge >= 0.3 is 0 Å². The lowest BCUT2D eigenvalue weighted by atomic mass is 9.80. The van der Waals surface area contributed by atoms with Crippen LogP contribution in [0.15, 0.2) is 152 Å². The van der Waals surface area contributed by atoms with Gasteiger partial charge in [0, 0.05) is 68.1 Å². The van der Waals surface area contributed by atoms with Crippen molar-refractivity contribution in [1.29, 1.82) is 0 Å². The summed E-state index contributed by atoms with van der Waals surface area (Å²) in [4.78, 5) is 9.23. The van der Waals surface area contributed by atoms with Crippen molar-refractivity contribution in [2.24, 2.45) is 0 Å². The number of aromatic nitrogens is 5. The Kier molecular flexibility index (Phi) is 5.39. The number of imidazole rings is 1. The van der Waals surface area contributed by atoms with Gasteiger partial charge in [0.1, 0.15) is 0 Å². The summed E-state index contributed by atoms with van der Waals surface area (Å²) in [5.41, 5.74) is 14.4. The van der Waals surface area contributed by atoms with Crippen molar-refractivity contribution < 1.29 is 0 Å². The minimum Gasteiger partial charge on any atom is -0.309 e. The summed E-state index contributed by atoms with van der Waals surface area (Å²) in [6.45, 7) is 4.81. The molecular weight excluding hydrogens is 611 g/mol. The lowest BCUT2D eigenvalue weighted by Gasteiger charge is -2.23. The summed E-state index contributed by atoms with van der Waals surface area (Å²) >= 11 is 0. The van der Waals surface area contributed by atoms with Crippen molar-refractivity contribution in [3.63, 3.8) is 0 Å². The van der Waals surface area contributed by atoms with Gasteiger partial charge in [0.15, 0.2) is 0 Å². The van der Waals surface area contributed by atoms with E-state index in [2.05, 4.69) is 155 Å². The molecule has 0 saturated carbocycles. The average molecular weight is 642 g/mol. The minimum absolute atomic E-state index is 0.216. The molecule has 236 valence electrons. The fourth-order valence-electron chi connectivity index (χ4n) is 8.82. The maximum Gasteiger partial charge on any atom is 0.234 e. The monoisotopic (exact) mass is 641 g/mol. The molecule has 1 aliphatic rings. The predicted octanol–water partition coefficient (Wildman–Crippen LogP) is 10.9. The Balaban J connectivity index is 1.33.